The molecule has 4 rings (SSSR count). The maximum Gasteiger partial charge on any atom is 1.00 e. The monoisotopic (exact) mass is 936 g/mol. The van der Waals surface area contributed by atoms with E-state index in [1.807, 2.05) is 0 Å². The molecule has 1 aromatic carbocycles. The lowest BCUT2D eigenvalue weighted by Gasteiger charge is -2.40. The van der Waals surface area contributed by atoms with Crippen molar-refractivity contribution >= 4 is 64.0 Å². The Balaban J connectivity index is -0.000000651. The molecule has 1 aromatic rings. The molecule has 2 heterocycles. The van der Waals surface area contributed by atoms with E-state index in [0.29, 0.717) is 0 Å². The van der Waals surface area contributed by atoms with Crippen LogP contribution in [0.3, 0.4) is 0 Å². The van der Waals surface area contributed by atoms with Crippen LogP contribution in [0.15, 0.2) is 30.3 Å². The minimum absolute atomic E-state index is 0. The summed E-state index contributed by atoms with van der Waals surface area (Å²) in [6.45, 7) is 41.7. The number of hydrogen-bond acceptors (Lipinski definition) is 8. The maximum absolute atomic E-state index is 5.29. The number of nitrogens with one attached hydrogen (secondary N) is 1. The molecular formula is C43H103N4O4Si7+. The molecule has 0 spiro atoms. The molecule has 2 aliphatic heterocycles. The second-order valence-corrected chi connectivity index (χ2v) is 54.3. The molecule has 58 heavy (non-hydrogen) atoms. The SMILES string of the molecule is C1CCCCC1.CO[Si](C)(C)C.CO[Si](CCCN(C)C)(OC)OC.C[Si](C)(C)N1CCC[Si]1(C)C.C[Si](C)(C)N[Si](C)(C)C.C[Si]1(C)CCCN1c1ccccc1.[H+]. The number of rotatable bonds is 12. The summed E-state index contributed by atoms with van der Waals surface area (Å²) in [5, 5.41) is 0. The molecule has 3 aliphatic rings. The van der Waals surface area contributed by atoms with Crippen molar-refractivity contribution in [3.63, 3.8) is 0 Å². The molecule has 2 saturated heterocycles. The zero-order chi connectivity index (χ0) is 45.5. The first kappa shape index (κ1) is 60.3. The average molecular weight is 937 g/mol. The molecule has 0 bridgehead atoms. The highest BCUT2D eigenvalue weighted by Crippen LogP contribution is 2.31. The van der Waals surface area contributed by atoms with Crippen molar-refractivity contribution in [2.75, 3.05) is 66.7 Å². The van der Waals surface area contributed by atoms with Crippen molar-refractivity contribution in [2.45, 2.75) is 181 Å². The van der Waals surface area contributed by atoms with E-state index >= 15 is 0 Å². The third-order valence-electron chi connectivity index (χ3n) is 10.6. The number of benzene rings is 1. The molecule has 1 N–H and O–H groups in total. The quantitative estimate of drug-likeness (QED) is 0.208. The first-order chi connectivity index (χ1) is 26.4. The Kier molecular flexibility index (Phi) is 30.0. The van der Waals surface area contributed by atoms with Gasteiger partial charge in [-0.1, -0.05) is 142 Å². The third kappa shape index (κ3) is 30.3. The predicted molar refractivity (Wildman–Crippen MR) is 281 cm³/mol. The van der Waals surface area contributed by atoms with Crippen LogP contribution >= 0.6 is 0 Å². The van der Waals surface area contributed by atoms with Crippen LogP contribution in [0.1, 0.15) is 59.2 Å². The first-order valence-electron chi connectivity index (χ1n) is 22.7. The molecule has 8 nitrogen and oxygen atoms in total. The largest absolute Gasteiger partial charge is 1.00 e. The molecule has 0 aromatic heterocycles. The van der Waals surface area contributed by atoms with Gasteiger partial charge >= 0.3 is 10.2 Å². The van der Waals surface area contributed by atoms with E-state index in [4.69, 9.17) is 17.7 Å². The molecule has 0 radical (unpaired) electrons. The molecule has 0 unspecified atom stereocenters. The second kappa shape index (κ2) is 28.8. The Morgan fingerprint density at radius 1 is 0.603 bits per heavy atom. The van der Waals surface area contributed by atoms with Crippen molar-refractivity contribution < 1.29 is 19.1 Å². The van der Waals surface area contributed by atoms with E-state index in [1.54, 1.807) is 28.4 Å². The highest BCUT2D eigenvalue weighted by Gasteiger charge is 2.41. The maximum atomic E-state index is 5.29. The van der Waals surface area contributed by atoms with Gasteiger partial charge < -0.3 is 36.0 Å². The topological polar surface area (TPSA) is 58.7 Å². The molecule has 15 heteroatoms. The molecular weight excluding hydrogens is 833 g/mol. The normalized spacial score (nSPS) is 18.2. The van der Waals surface area contributed by atoms with Gasteiger partial charge in [0.05, 0.1) is 0 Å². The summed E-state index contributed by atoms with van der Waals surface area (Å²) in [5.74, 6) is 0. The Hall–Kier alpha value is 0.258. The van der Waals surface area contributed by atoms with E-state index in [0.717, 1.165) is 19.0 Å². The van der Waals surface area contributed by atoms with Gasteiger partial charge in [0.25, 0.3) is 0 Å². The van der Waals surface area contributed by atoms with Crippen molar-refractivity contribution in [3.8, 4) is 0 Å². The van der Waals surface area contributed by atoms with Crippen LogP contribution in [-0.4, -0.2) is 130 Å². The van der Waals surface area contributed by atoms with Crippen molar-refractivity contribution in [1.82, 2.24) is 13.8 Å². The molecule has 3 fully saturated rings. The van der Waals surface area contributed by atoms with Gasteiger partial charge in [-0.25, -0.2) is 0 Å². The third-order valence-corrected chi connectivity index (χ3v) is 33.1. The van der Waals surface area contributed by atoms with Gasteiger partial charge in [-0.15, -0.1) is 0 Å². The standard InChI is InChI=1S/C11H17NSi.C8H21NO3Si.C8H21NSi2.C6H19NSi2.C6H12.C4H12OSi/c1-13(2)10-6-9-12(13)11-7-4-3-5-8-11;1-9(2)7-6-8-13(10-3,11-4)12-5;1-10(2,3)9-7-6-8-11(9,4)5;1-8(2,3)7-9(4,5)6;1-2-4-6-5-3-1;1-5-6(2,3)4/h3-5,7-8H,6,9-10H2,1-2H3;6-8H2,1-5H3;6-8H2,1-5H3;7H,1-6H3;1-6H2;1-4H3/p+1. The summed E-state index contributed by atoms with van der Waals surface area (Å²) < 4.78 is 30.2. The molecule has 346 valence electrons. The van der Waals surface area contributed by atoms with Crippen molar-refractivity contribution in [2.24, 2.45) is 0 Å². The molecule has 1 saturated carbocycles. The van der Waals surface area contributed by atoms with Gasteiger partial charge in [-0.3, -0.25) is 0 Å². The average Bonchev–Trinajstić information content (AvgIpc) is 3.67. The van der Waals surface area contributed by atoms with Gasteiger partial charge in [0.15, 0.2) is 16.6 Å². The summed E-state index contributed by atoms with van der Waals surface area (Å²) in [5.41, 5.74) is 1.43. The van der Waals surface area contributed by atoms with Gasteiger partial charge in [0.1, 0.15) is 32.9 Å². The summed E-state index contributed by atoms with van der Waals surface area (Å²) in [7, 11) is 2.46. The van der Waals surface area contributed by atoms with E-state index in [9.17, 15) is 0 Å². The summed E-state index contributed by atoms with van der Waals surface area (Å²) in [4.78, 5) is 2.14. The Morgan fingerprint density at radius 2 is 1.00 bits per heavy atom. The van der Waals surface area contributed by atoms with Crippen LogP contribution in [0.5, 0.6) is 0 Å². The van der Waals surface area contributed by atoms with Crippen molar-refractivity contribution in [3.05, 3.63) is 30.3 Å². The number of hydrogen-bond donors (Lipinski definition) is 1. The minimum Gasteiger partial charge on any atom is -0.421 e. The van der Waals surface area contributed by atoms with Gasteiger partial charge in [0.2, 0.25) is 0 Å². The lowest BCUT2D eigenvalue weighted by Crippen LogP contribution is -2.56. The fraction of sp³-hybridized carbons (Fsp3) is 0.860. The highest BCUT2D eigenvalue weighted by molar-refractivity contribution is 6.91. The molecule has 0 amide bonds. The number of nitrogens with zero attached hydrogens (tertiary/aromatic N) is 3. The number of para-hydroxylation sites is 1. The van der Waals surface area contributed by atoms with Crippen LogP contribution in [0.4, 0.5) is 5.69 Å². The first-order valence-corrected chi connectivity index (χ1v) is 44.8. The van der Waals surface area contributed by atoms with E-state index < -0.39 is 58.3 Å². The smallest absolute Gasteiger partial charge is 0.421 e. The van der Waals surface area contributed by atoms with Gasteiger partial charge in [-0.05, 0) is 90.3 Å². The highest BCUT2D eigenvalue weighted by atomic mass is 28.4. The summed E-state index contributed by atoms with van der Waals surface area (Å²) in [6, 6.07) is 14.7. The lowest BCUT2D eigenvalue weighted by atomic mass is 10.0. The Labute approximate surface area is 372 Å². The van der Waals surface area contributed by atoms with Gasteiger partial charge in [-0.2, -0.15) is 0 Å². The Bertz CT molecular complexity index is 1120. The Morgan fingerprint density at radius 3 is 1.24 bits per heavy atom. The van der Waals surface area contributed by atoms with Crippen LogP contribution < -0.4 is 9.21 Å². The number of anilines is 1. The fourth-order valence-corrected chi connectivity index (χ4v) is 32.0. The van der Waals surface area contributed by atoms with Gasteiger partial charge in [0, 0.05) is 46.7 Å². The minimum atomic E-state index is -2.31. The zero-order valence-electron chi connectivity index (χ0n) is 44.0. The lowest BCUT2D eigenvalue weighted by molar-refractivity contribution is 0.122. The van der Waals surface area contributed by atoms with Crippen LogP contribution in [0.25, 0.3) is 0 Å². The summed E-state index contributed by atoms with van der Waals surface area (Å²) in [6.07, 6.45) is 12.9. The van der Waals surface area contributed by atoms with Crippen LogP contribution in [0.2, 0.25) is 123 Å². The second-order valence-electron chi connectivity index (χ2n) is 21.9. The van der Waals surface area contributed by atoms with E-state index in [-0.39, 0.29) is 1.43 Å². The van der Waals surface area contributed by atoms with E-state index in [1.165, 1.54) is 82.2 Å². The summed E-state index contributed by atoms with van der Waals surface area (Å²) >= 11 is 0. The zero-order valence-corrected chi connectivity index (χ0v) is 50.0. The van der Waals surface area contributed by atoms with E-state index in [2.05, 4.69) is 168 Å². The van der Waals surface area contributed by atoms with Crippen LogP contribution in [-0.2, 0) is 17.7 Å². The fourth-order valence-electron chi connectivity index (χ4n) is 7.90. The van der Waals surface area contributed by atoms with Crippen LogP contribution in [0, 0.1) is 0 Å². The molecule has 1 aliphatic carbocycles. The predicted octanol–water partition coefficient (Wildman–Crippen LogP) is 12.8. The van der Waals surface area contributed by atoms with Crippen molar-refractivity contribution in [1.29, 1.82) is 0 Å². The molecule has 0 atom stereocenters.